The molecule has 0 saturated heterocycles. The third-order valence-electron chi connectivity index (χ3n) is 6.11. The highest BCUT2D eigenvalue weighted by Crippen LogP contribution is 2.44. The second-order valence-corrected chi connectivity index (χ2v) is 8.90. The maximum absolute atomic E-state index is 12.6. The summed E-state index contributed by atoms with van der Waals surface area (Å²) in [6, 6.07) is 20.7. The van der Waals surface area contributed by atoms with Gasteiger partial charge in [-0.05, 0) is 49.8 Å². The quantitative estimate of drug-likeness (QED) is 0.324. The first kappa shape index (κ1) is 21.3. The second kappa shape index (κ2) is 8.75. The van der Waals surface area contributed by atoms with Crippen LogP contribution < -0.4 is 5.32 Å². The van der Waals surface area contributed by atoms with Crippen molar-refractivity contribution in [2.75, 3.05) is 6.61 Å². The summed E-state index contributed by atoms with van der Waals surface area (Å²) in [7, 11) is 0. The molecule has 1 aliphatic carbocycles. The van der Waals surface area contributed by atoms with Crippen LogP contribution in [0.15, 0.2) is 77.4 Å². The van der Waals surface area contributed by atoms with Crippen LogP contribution in [0.25, 0.3) is 22.0 Å². The molecule has 1 unspecified atom stereocenters. The number of rotatable bonds is 6. The third-order valence-corrected chi connectivity index (χ3v) is 6.77. The SMILES string of the molecule is O=C(NC(Cc1c[nH]c2c(Br)cccc12)C(=O)O)OCC1c2ccccc2-c2ccccc21. The number of hydrogen-bond donors (Lipinski definition) is 3. The first-order chi connectivity index (χ1) is 16.0. The van der Waals surface area contributed by atoms with E-state index in [2.05, 4.69) is 38.4 Å². The van der Waals surface area contributed by atoms with E-state index in [-0.39, 0.29) is 18.9 Å². The molecule has 0 bridgehead atoms. The molecule has 1 aromatic heterocycles. The Balaban J connectivity index is 1.29. The van der Waals surface area contributed by atoms with E-state index in [1.807, 2.05) is 54.6 Å². The Morgan fingerprint density at radius 3 is 2.33 bits per heavy atom. The number of carboxylic acid groups (broad SMARTS) is 1. The molecule has 1 aliphatic rings. The Kier molecular flexibility index (Phi) is 5.64. The number of carboxylic acids is 1. The lowest BCUT2D eigenvalue weighted by Crippen LogP contribution is -2.42. The zero-order chi connectivity index (χ0) is 22.9. The highest BCUT2D eigenvalue weighted by atomic mass is 79.9. The van der Waals surface area contributed by atoms with E-state index in [1.54, 1.807) is 6.20 Å². The predicted molar refractivity (Wildman–Crippen MR) is 129 cm³/mol. The molecule has 0 radical (unpaired) electrons. The van der Waals surface area contributed by atoms with Gasteiger partial charge in [-0.2, -0.15) is 0 Å². The van der Waals surface area contributed by atoms with Crippen LogP contribution in [0.5, 0.6) is 0 Å². The fourth-order valence-electron chi connectivity index (χ4n) is 4.55. The summed E-state index contributed by atoms with van der Waals surface area (Å²) in [6.45, 7) is 0.131. The van der Waals surface area contributed by atoms with Crippen LogP contribution in [-0.2, 0) is 16.0 Å². The fraction of sp³-hybridized carbons (Fsp3) is 0.154. The molecular weight excluding hydrogens is 484 g/mol. The molecule has 1 amide bonds. The Morgan fingerprint density at radius 1 is 1.00 bits per heavy atom. The summed E-state index contributed by atoms with van der Waals surface area (Å²) in [5, 5.41) is 13.1. The number of halogens is 1. The van der Waals surface area contributed by atoms with Crippen LogP contribution in [0.2, 0.25) is 0 Å². The van der Waals surface area contributed by atoms with Gasteiger partial charge in [0.1, 0.15) is 12.6 Å². The number of alkyl carbamates (subject to hydrolysis) is 1. The third kappa shape index (κ3) is 4.00. The van der Waals surface area contributed by atoms with E-state index < -0.39 is 18.1 Å². The molecule has 0 saturated carbocycles. The molecule has 7 heteroatoms. The van der Waals surface area contributed by atoms with Crippen molar-refractivity contribution in [3.8, 4) is 11.1 Å². The van der Waals surface area contributed by atoms with Crippen molar-refractivity contribution >= 4 is 38.9 Å². The van der Waals surface area contributed by atoms with Crippen LogP contribution in [-0.4, -0.2) is 34.8 Å². The van der Waals surface area contributed by atoms with Crippen molar-refractivity contribution in [2.24, 2.45) is 0 Å². The summed E-state index contributed by atoms with van der Waals surface area (Å²) in [4.78, 5) is 27.6. The highest BCUT2D eigenvalue weighted by Gasteiger charge is 2.30. The Labute approximate surface area is 198 Å². The van der Waals surface area contributed by atoms with Gasteiger partial charge in [0.2, 0.25) is 0 Å². The molecule has 3 N–H and O–H groups in total. The number of hydrogen-bond acceptors (Lipinski definition) is 3. The van der Waals surface area contributed by atoms with Crippen molar-refractivity contribution in [3.05, 3.63) is 94.1 Å². The van der Waals surface area contributed by atoms with Crippen LogP contribution >= 0.6 is 15.9 Å². The number of nitrogens with one attached hydrogen (secondary N) is 2. The smallest absolute Gasteiger partial charge is 0.407 e. The standard InChI is InChI=1S/C26H21BrN2O4/c27-22-11-5-10-16-15(13-28-24(16)22)12-23(25(30)31)29-26(32)33-14-21-19-8-3-1-6-17(19)18-7-2-4-9-20(18)21/h1-11,13,21,23,28H,12,14H2,(H,29,32)(H,30,31). The molecule has 5 rings (SSSR count). The molecule has 0 aliphatic heterocycles. The van der Waals surface area contributed by atoms with E-state index in [0.29, 0.717) is 0 Å². The molecule has 1 heterocycles. The Morgan fingerprint density at radius 2 is 1.67 bits per heavy atom. The lowest BCUT2D eigenvalue weighted by atomic mass is 9.98. The minimum Gasteiger partial charge on any atom is -0.480 e. The number of H-pyrrole nitrogens is 1. The van der Waals surface area contributed by atoms with Crippen molar-refractivity contribution in [1.82, 2.24) is 10.3 Å². The van der Waals surface area contributed by atoms with E-state index in [1.165, 1.54) is 0 Å². The highest BCUT2D eigenvalue weighted by molar-refractivity contribution is 9.10. The lowest BCUT2D eigenvalue weighted by molar-refractivity contribution is -0.139. The van der Waals surface area contributed by atoms with Gasteiger partial charge in [-0.1, -0.05) is 60.7 Å². The summed E-state index contributed by atoms with van der Waals surface area (Å²) >= 11 is 3.48. The zero-order valence-corrected chi connectivity index (χ0v) is 19.1. The summed E-state index contributed by atoms with van der Waals surface area (Å²) in [5.74, 6) is -1.20. The number of amides is 1. The van der Waals surface area contributed by atoms with Gasteiger partial charge in [-0.3, -0.25) is 0 Å². The lowest BCUT2D eigenvalue weighted by Gasteiger charge is -2.17. The van der Waals surface area contributed by atoms with Gasteiger partial charge in [0.05, 0.1) is 5.52 Å². The predicted octanol–water partition coefficient (Wildman–Crippen LogP) is 5.46. The molecule has 3 aromatic carbocycles. The number of aliphatic carboxylic acids is 1. The summed E-state index contributed by atoms with van der Waals surface area (Å²) in [5.41, 5.74) is 6.17. The van der Waals surface area contributed by atoms with Crippen molar-refractivity contribution in [3.63, 3.8) is 0 Å². The maximum atomic E-state index is 12.6. The van der Waals surface area contributed by atoms with Crippen molar-refractivity contribution < 1.29 is 19.4 Å². The maximum Gasteiger partial charge on any atom is 0.407 e. The number of carbonyl (C=O) groups excluding carboxylic acids is 1. The van der Waals surface area contributed by atoms with Gasteiger partial charge in [-0.25, -0.2) is 9.59 Å². The second-order valence-electron chi connectivity index (χ2n) is 8.04. The minimum atomic E-state index is -1.12. The number of benzene rings is 3. The number of aromatic amines is 1. The Bertz CT molecular complexity index is 1320. The van der Waals surface area contributed by atoms with Gasteiger partial charge in [0, 0.05) is 28.4 Å². The number of para-hydroxylation sites is 1. The topological polar surface area (TPSA) is 91.4 Å². The molecule has 4 aromatic rings. The van der Waals surface area contributed by atoms with Crippen LogP contribution in [0.1, 0.15) is 22.6 Å². The Hall–Kier alpha value is -3.58. The van der Waals surface area contributed by atoms with Gasteiger partial charge >= 0.3 is 12.1 Å². The summed E-state index contributed by atoms with van der Waals surface area (Å²) in [6.07, 6.45) is 1.16. The molecule has 0 fully saturated rings. The van der Waals surface area contributed by atoms with Crippen LogP contribution in [0.3, 0.4) is 0 Å². The number of carbonyl (C=O) groups is 2. The largest absolute Gasteiger partial charge is 0.480 e. The molecule has 166 valence electrons. The van der Waals surface area contributed by atoms with E-state index >= 15 is 0 Å². The minimum absolute atomic E-state index is 0.0857. The van der Waals surface area contributed by atoms with Crippen molar-refractivity contribution in [1.29, 1.82) is 0 Å². The molecular formula is C26H21BrN2O4. The van der Waals surface area contributed by atoms with E-state index in [4.69, 9.17) is 4.74 Å². The van der Waals surface area contributed by atoms with Gasteiger partial charge in [-0.15, -0.1) is 0 Å². The average Bonchev–Trinajstić information content (AvgIpc) is 3.37. The van der Waals surface area contributed by atoms with Crippen LogP contribution in [0.4, 0.5) is 4.79 Å². The fourth-order valence-corrected chi connectivity index (χ4v) is 5.03. The van der Waals surface area contributed by atoms with Gasteiger partial charge < -0.3 is 20.1 Å². The van der Waals surface area contributed by atoms with E-state index in [9.17, 15) is 14.7 Å². The number of fused-ring (bicyclic) bond motifs is 4. The number of ether oxygens (including phenoxy) is 1. The summed E-state index contributed by atoms with van der Waals surface area (Å²) < 4.78 is 6.41. The molecule has 1 atom stereocenters. The average molecular weight is 505 g/mol. The first-order valence-electron chi connectivity index (χ1n) is 10.6. The van der Waals surface area contributed by atoms with Gasteiger partial charge in [0.25, 0.3) is 0 Å². The normalized spacial score (nSPS) is 13.4. The number of aromatic nitrogens is 1. The van der Waals surface area contributed by atoms with E-state index in [0.717, 1.165) is 43.2 Å². The molecule has 33 heavy (non-hydrogen) atoms. The van der Waals surface area contributed by atoms with Crippen LogP contribution in [0, 0.1) is 0 Å². The van der Waals surface area contributed by atoms with Crippen molar-refractivity contribution in [2.45, 2.75) is 18.4 Å². The molecule has 6 nitrogen and oxygen atoms in total. The van der Waals surface area contributed by atoms with Gasteiger partial charge in [0.15, 0.2) is 0 Å². The zero-order valence-electron chi connectivity index (χ0n) is 17.5. The monoisotopic (exact) mass is 504 g/mol. The first-order valence-corrected chi connectivity index (χ1v) is 11.4. The molecule has 0 spiro atoms.